The molecule has 135 valence electrons. The summed E-state index contributed by atoms with van der Waals surface area (Å²) in [5, 5.41) is 5.98. The van der Waals surface area contributed by atoms with E-state index < -0.39 is 0 Å². The minimum Gasteiger partial charge on any atom is -0.482 e. The lowest BCUT2D eigenvalue weighted by Gasteiger charge is -2.31. The molecule has 1 radical (unpaired) electrons. The van der Waals surface area contributed by atoms with Crippen LogP contribution >= 0.6 is 11.8 Å². The first kappa shape index (κ1) is 16.6. The quantitative estimate of drug-likeness (QED) is 0.786. The summed E-state index contributed by atoms with van der Waals surface area (Å²) in [5.41, 5.74) is 7.72. The molecule has 1 amide bonds. The summed E-state index contributed by atoms with van der Waals surface area (Å²) in [5.74, 6) is 0.584. The van der Waals surface area contributed by atoms with Crippen LogP contribution in [0, 0.1) is 0 Å². The maximum atomic E-state index is 11.7. The van der Waals surface area contributed by atoms with Crippen LogP contribution in [0.4, 0.5) is 5.69 Å². The van der Waals surface area contributed by atoms with Crippen molar-refractivity contribution in [2.45, 2.75) is 18.2 Å². The van der Waals surface area contributed by atoms with Crippen LogP contribution in [0.1, 0.15) is 29.3 Å². The molecule has 2 atom stereocenters. The van der Waals surface area contributed by atoms with Crippen molar-refractivity contribution < 1.29 is 9.53 Å². The Labute approximate surface area is 161 Å². The van der Waals surface area contributed by atoms with E-state index in [0.29, 0.717) is 5.75 Å². The molecule has 0 saturated carbocycles. The van der Waals surface area contributed by atoms with Crippen molar-refractivity contribution in [3.63, 3.8) is 0 Å². The van der Waals surface area contributed by atoms with Gasteiger partial charge in [0.15, 0.2) is 6.61 Å². The van der Waals surface area contributed by atoms with E-state index in [1.165, 1.54) is 5.56 Å². The summed E-state index contributed by atoms with van der Waals surface area (Å²) < 4.78 is 5.50. The Morgan fingerprint density at radius 2 is 2.04 bits per heavy atom. The highest BCUT2D eigenvalue weighted by Gasteiger charge is 2.46. The third-order valence-electron chi connectivity index (χ3n) is 4.83. The smallest absolute Gasteiger partial charge is 0.341 e. The van der Waals surface area contributed by atoms with Crippen LogP contribution in [-0.4, -0.2) is 17.7 Å². The molecule has 0 aromatic heterocycles. The van der Waals surface area contributed by atoms with Gasteiger partial charge >= 0.3 is 5.17 Å². The van der Waals surface area contributed by atoms with Crippen molar-refractivity contribution >= 4 is 28.5 Å². The van der Waals surface area contributed by atoms with Crippen LogP contribution < -0.4 is 20.5 Å². The van der Waals surface area contributed by atoms with E-state index in [4.69, 9.17) is 4.74 Å². The van der Waals surface area contributed by atoms with Gasteiger partial charge in [-0.1, -0.05) is 41.8 Å². The fraction of sp³-hybridized carbons (Fsp3) is 0.200. The summed E-state index contributed by atoms with van der Waals surface area (Å²) in [6.07, 6.45) is 1.88. The number of carbonyl (C=O) groups excluding carboxylic acids is 1. The Hall–Kier alpha value is -2.61. The summed E-state index contributed by atoms with van der Waals surface area (Å²) in [6.45, 7) is 2.10. The summed E-state index contributed by atoms with van der Waals surface area (Å²) in [4.78, 5) is 16.2. The summed E-state index contributed by atoms with van der Waals surface area (Å²) in [7, 11) is 0. The zero-order chi connectivity index (χ0) is 18.4. The van der Waals surface area contributed by atoms with Crippen LogP contribution in [-0.2, 0) is 4.79 Å². The molecule has 5 rings (SSSR count). The number of anilines is 1. The molecule has 3 aliphatic heterocycles. The van der Waals surface area contributed by atoms with Gasteiger partial charge in [-0.05, 0) is 35.0 Å². The molecular formula is C20H18N4O2S+. The number of aliphatic imine (C=N–C) groups is 1. The minimum atomic E-state index is -0.125. The van der Waals surface area contributed by atoms with Gasteiger partial charge in [-0.2, -0.15) is 4.99 Å². The van der Waals surface area contributed by atoms with E-state index in [1.807, 2.05) is 36.3 Å². The molecule has 2 aromatic carbocycles. The first-order chi connectivity index (χ1) is 13.2. The average Bonchev–Trinajstić information content (AvgIpc) is 3.07. The van der Waals surface area contributed by atoms with Gasteiger partial charge in [-0.15, -0.1) is 0 Å². The number of hydrazine groups is 1. The highest BCUT2D eigenvalue weighted by molar-refractivity contribution is 8.14. The van der Waals surface area contributed by atoms with Crippen molar-refractivity contribution in [2.75, 3.05) is 11.9 Å². The van der Waals surface area contributed by atoms with E-state index in [-0.39, 0.29) is 23.8 Å². The number of ether oxygens (including phenoxy) is 1. The van der Waals surface area contributed by atoms with Crippen molar-refractivity contribution in [1.29, 1.82) is 0 Å². The van der Waals surface area contributed by atoms with Gasteiger partial charge in [0.05, 0.1) is 17.1 Å². The Kier molecular flexibility index (Phi) is 4.00. The second-order valence-electron chi connectivity index (χ2n) is 6.67. The number of allylic oxidation sites excluding steroid dienone is 1. The number of benzene rings is 2. The molecule has 7 heteroatoms. The van der Waals surface area contributed by atoms with Gasteiger partial charge in [0, 0.05) is 11.9 Å². The lowest BCUT2D eigenvalue weighted by atomic mass is 9.98. The number of amides is 1. The third-order valence-corrected chi connectivity index (χ3v) is 6.13. The van der Waals surface area contributed by atoms with Crippen LogP contribution in [0.3, 0.4) is 0 Å². The van der Waals surface area contributed by atoms with Crippen molar-refractivity contribution in [1.82, 2.24) is 10.4 Å². The standard InChI is InChI=1S/C20H18N4O2S/c1-12-10-21-20-24(12)23-18(13-5-3-2-4-6-13)19(27-20)14-7-8-16-15(9-14)22-17(25)11-26-16/h2-10,18-19,23H,11H2,1H3,(H,22,25)/q+1. The normalized spacial score (nSPS) is 24.3. The lowest BCUT2D eigenvalue weighted by Crippen LogP contribution is -2.51. The average molecular weight is 378 g/mol. The number of fused-ring (bicyclic) bond motifs is 2. The van der Waals surface area contributed by atoms with Crippen molar-refractivity contribution in [3.05, 3.63) is 71.6 Å². The number of amidine groups is 1. The van der Waals surface area contributed by atoms with Crippen LogP contribution in [0.2, 0.25) is 0 Å². The Morgan fingerprint density at radius 1 is 1.19 bits per heavy atom. The number of hydrogen-bond acceptors (Lipinski definition) is 6. The second-order valence-corrected chi connectivity index (χ2v) is 7.77. The van der Waals surface area contributed by atoms with E-state index in [9.17, 15) is 4.79 Å². The van der Waals surface area contributed by atoms with E-state index in [1.54, 1.807) is 11.8 Å². The fourth-order valence-electron chi connectivity index (χ4n) is 3.49. The fourth-order valence-corrected chi connectivity index (χ4v) is 4.77. The largest absolute Gasteiger partial charge is 0.482 e. The molecule has 0 aliphatic carbocycles. The zero-order valence-corrected chi connectivity index (χ0v) is 15.5. The third kappa shape index (κ3) is 2.93. The molecule has 6 nitrogen and oxygen atoms in total. The monoisotopic (exact) mass is 378 g/mol. The number of rotatable bonds is 2. The molecule has 1 fully saturated rings. The molecule has 0 bridgehead atoms. The van der Waals surface area contributed by atoms with E-state index >= 15 is 0 Å². The molecule has 2 aromatic rings. The highest BCUT2D eigenvalue weighted by atomic mass is 32.2. The molecule has 1 saturated heterocycles. The molecule has 27 heavy (non-hydrogen) atoms. The molecule has 2 N–H and O–H groups in total. The Morgan fingerprint density at radius 3 is 2.89 bits per heavy atom. The van der Waals surface area contributed by atoms with E-state index in [2.05, 4.69) is 46.1 Å². The van der Waals surface area contributed by atoms with Gasteiger partial charge < -0.3 is 10.1 Å². The molecule has 3 heterocycles. The van der Waals surface area contributed by atoms with Gasteiger partial charge in [-0.25, -0.2) is 0 Å². The zero-order valence-electron chi connectivity index (χ0n) is 14.7. The number of hydrogen-bond donors (Lipinski definition) is 2. The number of thioether (sulfide) groups is 1. The SMILES string of the molecule is CC1=CN=C2SC(c3ccc4c(c3)NC(=O)CO4)C(c3ccccc3)N[N+]12. The number of carbonyl (C=O) groups is 1. The summed E-state index contributed by atoms with van der Waals surface area (Å²) >= 11 is 1.72. The lowest BCUT2D eigenvalue weighted by molar-refractivity contribution is -0.118. The summed E-state index contributed by atoms with van der Waals surface area (Å²) in [6, 6.07) is 16.5. The Bertz CT molecular complexity index is 973. The van der Waals surface area contributed by atoms with Crippen LogP contribution in [0.15, 0.2) is 65.4 Å². The van der Waals surface area contributed by atoms with Gasteiger partial charge in [0.2, 0.25) is 5.70 Å². The molecule has 3 aliphatic rings. The molecule has 0 spiro atoms. The highest BCUT2D eigenvalue weighted by Crippen LogP contribution is 2.47. The topological polar surface area (TPSA) is 68.6 Å². The second kappa shape index (κ2) is 6.53. The van der Waals surface area contributed by atoms with Gasteiger partial charge in [0.1, 0.15) is 11.8 Å². The van der Waals surface area contributed by atoms with Crippen LogP contribution in [0.5, 0.6) is 5.75 Å². The maximum Gasteiger partial charge on any atom is 0.341 e. The van der Waals surface area contributed by atoms with Gasteiger partial charge in [-0.3, -0.25) is 4.79 Å². The van der Waals surface area contributed by atoms with Gasteiger partial charge in [0.25, 0.3) is 5.91 Å². The predicted molar refractivity (Wildman–Crippen MR) is 107 cm³/mol. The predicted octanol–water partition coefficient (Wildman–Crippen LogP) is 3.42. The number of nitrogens with one attached hydrogen (secondary N) is 2. The van der Waals surface area contributed by atoms with E-state index in [0.717, 1.165) is 22.1 Å². The first-order valence-electron chi connectivity index (χ1n) is 8.78. The minimum absolute atomic E-state index is 0.0647. The molecular weight excluding hydrogens is 360 g/mol. The Balaban J connectivity index is 1.54. The maximum absolute atomic E-state index is 11.7. The molecule has 2 unspecified atom stereocenters. The number of nitrogens with zero attached hydrogens (tertiary/aromatic N) is 2. The van der Waals surface area contributed by atoms with Crippen molar-refractivity contribution in [2.24, 2.45) is 4.99 Å². The van der Waals surface area contributed by atoms with Crippen LogP contribution in [0.25, 0.3) is 0 Å². The first-order valence-corrected chi connectivity index (χ1v) is 9.66. The van der Waals surface area contributed by atoms with Crippen molar-refractivity contribution in [3.8, 4) is 5.75 Å².